The molecule has 0 aromatic heterocycles. The van der Waals surface area contributed by atoms with Crippen LogP contribution in [-0.4, -0.2) is 53.2 Å². The molecule has 2 aliphatic heterocycles. The number of halogens is 1. The number of rotatable bonds is 2. The molecule has 0 radical (unpaired) electrons. The number of nitrogens with zero attached hydrogens (tertiary/aromatic N) is 2. The van der Waals surface area contributed by atoms with Crippen LogP contribution in [0.5, 0.6) is 0 Å². The molecule has 1 N–H and O–H groups in total. The first kappa shape index (κ1) is 17.1. The summed E-state index contributed by atoms with van der Waals surface area (Å²) in [5.74, 6) is -0.292. The molecule has 140 valence electrons. The molecule has 4 rings (SSSR count). The zero-order valence-electron chi connectivity index (χ0n) is 14.7. The maximum atomic E-state index is 13.0. The normalized spacial score (nSPS) is 24.3. The minimum absolute atomic E-state index is 0.0550. The average molecular weight is 361 g/mol. The quantitative estimate of drug-likeness (QED) is 0.881. The van der Waals surface area contributed by atoms with Crippen molar-refractivity contribution in [2.75, 3.05) is 19.6 Å². The first-order valence-corrected chi connectivity index (χ1v) is 9.34. The number of urea groups is 1. The molecule has 26 heavy (non-hydrogen) atoms. The third-order valence-electron chi connectivity index (χ3n) is 5.86. The third kappa shape index (κ3) is 3.10. The van der Waals surface area contributed by atoms with E-state index < -0.39 is 5.60 Å². The first-order valence-electron chi connectivity index (χ1n) is 9.34. The van der Waals surface area contributed by atoms with Crippen LogP contribution in [0.1, 0.15) is 37.7 Å². The number of nitrogens with one attached hydrogen (secondary N) is 1. The molecule has 2 saturated heterocycles. The van der Waals surface area contributed by atoms with Crippen LogP contribution in [0, 0.1) is 5.82 Å². The summed E-state index contributed by atoms with van der Waals surface area (Å²) in [5, 5.41) is 2.89. The van der Waals surface area contributed by atoms with Crippen LogP contribution in [0.15, 0.2) is 24.3 Å². The molecular weight excluding hydrogens is 337 g/mol. The van der Waals surface area contributed by atoms with E-state index in [4.69, 9.17) is 4.74 Å². The highest BCUT2D eigenvalue weighted by molar-refractivity contribution is 5.76. The van der Waals surface area contributed by atoms with Gasteiger partial charge in [0.25, 0.3) is 0 Å². The van der Waals surface area contributed by atoms with E-state index in [9.17, 15) is 14.0 Å². The van der Waals surface area contributed by atoms with Crippen molar-refractivity contribution in [3.8, 4) is 0 Å². The Hall–Kier alpha value is -2.31. The van der Waals surface area contributed by atoms with Gasteiger partial charge in [-0.2, -0.15) is 0 Å². The van der Waals surface area contributed by atoms with Gasteiger partial charge in [0.15, 0.2) is 0 Å². The number of hydrogen-bond donors (Lipinski definition) is 1. The summed E-state index contributed by atoms with van der Waals surface area (Å²) < 4.78 is 18.8. The lowest BCUT2D eigenvalue weighted by Crippen LogP contribution is -2.60. The maximum absolute atomic E-state index is 13.0. The maximum Gasteiger partial charge on any atom is 0.410 e. The fourth-order valence-electron chi connectivity index (χ4n) is 4.41. The number of ether oxygens (including phenoxy) is 1. The van der Waals surface area contributed by atoms with Gasteiger partial charge in [0.05, 0.1) is 6.04 Å². The highest BCUT2D eigenvalue weighted by atomic mass is 19.1. The lowest BCUT2D eigenvalue weighted by molar-refractivity contribution is -0.00990. The van der Waals surface area contributed by atoms with Crippen LogP contribution in [0.2, 0.25) is 0 Å². The minimum atomic E-state index is -0.425. The van der Waals surface area contributed by atoms with Gasteiger partial charge >= 0.3 is 12.1 Å². The Morgan fingerprint density at radius 1 is 1.19 bits per heavy atom. The molecule has 3 amide bonds. The second kappa shape index (κ2) is 6.78. The number of hydrogen-bond acceptors (Lipinski definition) is 3. The average Bonchev–Trinajstić information content (AvgIpc) is 2.92. The van der Waals surface area contributed by atoms with Crippen molar-refractivity contribution in [2.45, 2.75) is 50.3 Å². The van der Waals surface area contributed by atoms with Gasteiger partial charge in [-0.3, -0.25) is 4.90 Å². The second-order valence-electron chi connectivity index (χ2n) is 7.43. The van der Waals surface area contributed by atoms with Crippen LogP contribution in [0.3, 0.4) is 0 Å². The molecule has 0 bridgehead atoms. The van der Waals surface area contributed by atoms with Crippen LogP contribution in [0.4, 0.5) is 14.0 Å². The second-order valence-corrected chi connectivity index (χ2v) is 7.43. The van der Waals surface area contributed by atoms with Crippen molar-refractivity contribution in [3.63, 3.8) is 0 Å². The molecule has 1 spiro atoms. The van der Waals surface area contributed by atoms with Gasteiger partial charge in [0.2, 0.25) is 0 Å². The standard InChI is InChI=1S/C19H24FN3O3/c20-15-6-4-14(5-7-15)12-21-17(24)22-10-11-23-16(13-22)19(26-18(23)25)8-2-1-3-9-19/h4-7,16H,1-3,8-13H2,(H,21,24). The molecule has 2 heterocycles. The van der Waals surface area contributed by atoms with Crippen molar-refractivity contribution in [1.29, 1.82) is 0 Å². The molecule has 1 atom stereocenters. The Morgan fingerprint density at radius 2 is 1.92 bits per heavy atom. The van der Waals surface area contributed by atoms with Crippen LogP contribution >= 0.6 is 0 Å². The summed E-state index contributed by atoms with van der Waals surface area (Å²) in [6, 6.07) is 5.88. The van der Waals surface area contributed by atoms with Gasteiger partial charge in [-0.1, -0.05) is 18.6 Å². The highest BCUT2D eigenvalue weighted by Gasteiger charge is 2.56. The number of carbonyl (C=O) groups excluding carboxylic acids is 2. The topological polar surface area (TPSA) is 61.9 Å². The van der Waals surface area contributed by atoms with E-state index in [1.54, 1.807) is 21.9 Å². The van der Waals surface area contributed by atoms with E-state index >= 15 is 0 Å². The monoisotopic (exact) mass is 361 g/mol. The summed E-state index contributed by atoms with van der Waals surface area (Å²) in [6.45, 7) is 1.86. The van der Waals surface area contributed by atoms with Crippen molar-refractivity contribution >= 4 is 12.1 Å². The van der Waals surface area contributed by atoms with Gasteiger partial charge in [-0.15, -0.1) is 0 Å². The SMILES string of the molecule is O=C(NCc1ccc(F)cc1)N1CCN2C(=O)OC3(CCCCC3)C2C1. The number of benzene rings is 1. The van der Waals surface area contributed by atoms with Gasteiger partial charge in [-0.25, -0.2) is 14.0 Å². The smallest absolute Gasteiger partial charge is 0.410 e. The molecule has 3 fully saturated rings. The van der Waals surface area contributed by atoms with E-state index in [-0.39, 0.29) is 24.0 Å². The van der Waals surface area contributed by atoms with Crippen molar-refractivity contribution in [1.82, 2.24) is 15.1 Å². The summed E-state index contributed by atoms with van der Waals surface area (Å²) in [4.78, 5) is 28.4. The molecule has 1 aliphatic carbocycles. The van der Waals surface area contributed by atoms with E-state index in [0.29, 0.717) is 26.2 Å². The summed E-state index contributed by atoms with van der Waals surface area (Å²) in [6.07, 6.45) is 4.83. The summed E-state index contributed by atoms with van der Waals surface area (Å²) >= 11 is 0. The van der Waals surface area contributed by atoms with Crippen LogP contribution in [0.25, 0.3) is 0 Å². The van der Waals surface area contributed by atoms with Gasteiger partial charge in [-0.05, 0) is 43.4 Å². The van der Waals surface area contributed by atoms with E-state index in [1.807, 2.05) is 0 Å². The molecule has 1 unspecified atom stereocenters. The Kier molecular flexibility index (Phi) is 4.46. The lowest BCUT2D eigenvalue weighted by atomic mass is 9.78. The number of amides is 3. The lowest BCUT2D eigenvalue weighted by Gasteiger charge is -2.43. The molecule has 1 aromatic carbocycles. The van der Waals surface area contributed by atoms with E-state index in [2.05, 4.69) is 5.32 Å². The predicted molar refractivity (Wildman–Crippen MR) is 93.0 cm³/mol. The number of piperazine rings is 1. The van der Waals surface area contributed by atoms with Gasteiger partial charge < -0.3 is 15.0 Å². The Morgan fingerprint density at radius 3 is 2.65 bits per heavy atom. The van der Waals surface area contributed by atoms with Crippen molar-refractivity contribution in [2.24, 2.45) is 0 Å². The molecule has 6 nitrogen and oxygen atoms in total. The highest BCUT2D eigenvalue weighted by Crippen LogP contribution is 2.42. The fraction of sp³-hybridized carbons (Fsp3) is 0.579. The Balaban J connectivity index is 1.40. The van der Waals surface area contributed by atoms with Gasteiger partial charge in [0, 0.05) is 26.2 Å². The van der Waals surface area contributed by atoms with Gasteiger partial charge in [0.1, 0.15) is 11.4 Å². The molecular formula is C19H24FN3O3. The fourth-order valence-corrected chi connectivity index (χ4v) is 4.41. The van der Waals surface area contributed by atoms with Crippen LogP contribution < -0.4 is 5.32 Å². The zero-order chi connectivity index (χ0) is 18.1. The van der Waals surface area contributed by atoms with E-state index in [0.717, 1.165) is 31.2 Å². The van der Waals surface area contributed by atoms with E-state index in [1.165, 1.54) is 18.6 Å². The molecule has 7 heteroatoms. The third-order valence-corrected chi connectivity index (χ3v) is 5.86. The summed E-state index contributed by atoms with van der Waals surface area (Å²) in [7, 11) is 0. The zero-order valence-corrected chi connectivity index (χ0v) is 14.7. The number of carbonyl (C=O) groups is 2. The summed E-state index contributed by atoms with van der Waals surface area (Å²) in [5.41, 5.74) is 0.423. The molecule has 1 aromatic rings. The molecule has 1 saturated carbocycles. The van der Waals surface area contributed by atoms with Crippen LogP contribution in [-0.2, 0) is 11.3 Å². The first-order chi connectivity index (χ1) is 12.6. The van der Waals surface area contributed by atoms with Crippen molar-refractivity contribution < 1.29 is 18.7 Å². The minimum Gasteiger partial charge on any atom is -0.441 e. The Labute approximate surface area is 152 Å². The number of fused-ring (bicyclic) bond motifs is 2. The van der Waals surface area contributed by atoms with Crippen molar-refractivity contribution in [3.05, 3.63) is 35.6 Å². The molecule has 3 aliphatic rings. The largest absolute Gasteiger partial charge is 0.441 e. The Bertz CT molecular complexity index is 688. The predicted octanol–water partition coefficient (Wildman–Crippen LogP) is 2.87.